The van der Waals surface area contributed by atoms with Crippen LogP contribution in [-0.4, -0.2) is 168 Å². The largest absolute Gasteiger partial charge is 0.480 e. The van der Waals surface area contributed by atoms with Crippen molar-refractivity contribution in [3.05, 3.63) is 0 Å². The minimum Gasteiger partial charge on any atom is -0.480 e. The molecule has 0 aromatic heterocycles. The van der Waals surface area contributed by atoms with Crippen LogP contribution in [0.3, 0.4) is 0 Å². The zero-order chi connectivity index (χ0) is 54.9. The van der Waals surface area contributed by atoms with E-state index in [-0.39, 0.29) is 89.3 Å². The maximum atomic E-state index is 14.1. The van der Waals surface area contributed by atoms with Crippen LogP contribution in [0.15, 0.2) is 0 Å². The Morgan fingerprint density at radius 1 is 0.431 bits per heavy atom. The van der Waals surface area contributed by atoms with Gasteiger partial charge >= 0.3 is 5.97 Å². The molecule has 9 amide bonds. The normalized spacial score (nSPS) is 14.1. The predicted molar refractivity (Wildman–Crippen MR) is 269 cm³/mol. The second kappa shape index (κ2) is 36.1. The van der Waals surface area contributed by atoms with Gasteiger partial charge in [-0.05, 0) is 70.8 Å². The second-order valence-corrected chi connectivity index (χ2v) is 16.9. The van der Waals surface area contributed by atoms with E-state index in [0.29, 0.717) is 12.8 Å². The fraction of sp³-hybridized carbons (Fsp3) is 0.667. The van der Waals surface area contributed by atoms with E-state index in [4.69, 9.17) is 56.4 Å². The topological polar surface area (TPSA) is 565 Å². The highest BCUT2D eigenvalue weighted by atomic mass is 32.1. The number of hydrogen-bond donors (Lipinski definition) is 23. The third kappa shape index (κ3) is 28.7. The van der Waals surface area contributed by atoms with Gasteiger partial charge in [-0.3, -0.25) is 59.4 Å². The lowest BCUT2D eigenvalue weighted by Crippen LogP contribution is -2.60. The zero-order valence-corrected chi connectivity index (χ0v) is 41.6. The average molecular weight is 1060 g/mol. The summed E-state index contributed by atoms with van der Waals surface area (Å²) in [6.07, 6.45) is -0.573. The van der Waals surface area contributed by atoms with E-state index in [2.05, 4.69) is 78.4 Å². The number of aliphatic carboxylic acids is 1. The highest BCUT2D eigenvalue weighted by Crippen LogP contribution is 2.09. The molecule has 0 unspecified atom stereocenters. The molecule has 0 aliphatic rings. The van der Waals surface area contributed by atoms with Crippen LogP contribution in [0.5, 0.6) is 0 Å². The lowest BCUT2D eigenvalue weighted by atomic mass is 10.0. The first-order valence-electron chi connectivity index (χ1n) is 22.7. The molecular weight excluding hydrogens is 989 g/mol. The first-order chi connectivity index (χ1) is 33.9. The molecule has 0 aliphatic carbocycles. The Balaban J connectivity index is 6.60. The number of hydrogen-bond acceptors (Lipinski definition) is 17. The molecule has 408 valence electrons. The van der Waals surface area contributed by atoms with Gasteiger partial charge in [0.05, 0.1) is 12.5 Å². The Hall–Kier alpha value is -6.87. The summed E-state index contributed by atoms with van der Waals surface area (Å²) < 4.78 is 0. The van der Waals surface area contributed by atoms with Gasteiger partial charge in [0.25, 0.3) is 0 Å². The lowest BCUT2D eigenvalue weighted by Gasteiger charge is -2.27. The number of carboxylic acid groups (broad SMARTS) is 1. The minimum absolute atomic E-state index is 0.0363. The van der Waals surface area contributed by atoms with Crippen molar-refractivity contribution in [1.29, 1.82) is 16.2 Å². The van der Waals surface area contributed by atoms with Crippen LogP contribution in [0.1, 0.15) is 77.0 Å². The lowest BCUT2D eigenvalue weighted by molar-refractivity contribution is -0.143. The van der Waals surface area contributed by atoms with Crippen molar-refractivity contribution in [2.24, 2.45) is 40.1 Å². The van der Waals surface area contributed by atoms with Crippen molar-refractivity contribution in [2.45, 2.75) is 125 Å². The van der Waals surface area contributed by atoms with Crippen molar-refractivity contribution < 1.29 is 53.1 Å². The number of rotatable bonds is 38. The van der Waals surface area contributed by atoms with E-state index >= 15 is 0 Å². The van der Waals surface area contributed by atoms with Gasteiger partial charge in [0.2, 0.25) is 53.2 Å². The SMILES string of the molecule is N=C(N)NCCC[C@H](N)C(=O)N[C@H](CS)C(=O)N[C@H](CCC(N)=O)C(=O)N[C@H](CS)C(=O)N[C@H](CCCNC(=N)N)C(=O)N[C@H](CCCNC(=N)N)C(=O)N[C@H](CCCCN)C(=O)N[C@H](CC(N)=O)C(=O)O. The van der Waals surface area contributed by atoms with E-state index in [9.17, 15) is 53.1 Å². The molecule has 0 aromatic carbocycles. The van der Waals surface area contributed by atoms with E-state index in [1.165, 1.54) is 0 Å². The van der Waals surface area contributed by atoms with Crippen LogP contribution in [0, 0.1) is 16.2 Å². The molecule has 0 radical (unpaired) electrons. The molecule has 0 aliphatic heterocycles. The zero-order valence-electron chi connectivity index (χ0n) is 39.8. The number of primary amides is 2. The number of carboxylic acids is 1. The van der Waals surface area contributed by atoms with Crippen molar-refractivity contribution in [3.63, 3.8) is 0 Å². The van der Waals surface area contributed by atoms with Crippen LogP contribution in [0.4, 0.5) is 0 Å². The fourth-order valence-electron chi connectivity index (χ4n) is 6.29. The van der Waals surface area contributed by atoms with Crippen LogP contribution in [0.25, 0.3) is 0 Å². The second-order valence-electron chi connectivity index (χ2n) is 16.1. The highest BCUT2D eigenvalue weighted by Gasteiger charge is 2.34. The number of guanidine groups is 3. The summed E-state index contributed by atoms with van der Waals surface area (Å²) in [7, 11) is 0. The maximum absolute atomic E-state index is 14.1. The minimum atomic E-state index is -1.74. The van der Waals surface area contributed by atoms with Gasteiger partial charge < -0.3 is 98.4 Å². The highest BCUT2D eigenvalue weighted by molar-refractivity contribution is 7.80. The first kappa shape index (κ1) is 65.1. The van der Waals surface area contributed by atoms with E-state index < -0.39 is 138 Å². The summed E-state index contributed by atoms with van der Waals surface area (Å²) in [6.45, 7) is 0.547. The molecule has 72 heavy (non-hydrogen) atoms. The Kier molecular flexibility index (Phi) is 32.7. The molecule has 0 rings (SSSR count). The summed E-state index contributed by atoms with van der Waals surface area (Å²) >= 11 is 8.33. The van der Waals surface area contributed by atoms with Gasteiger partial charge in [0.15, 0.2) is 17.9 Å². The smallest absolute Gasteiger partial charge is 0.326 e. The van der Waals surface area contributed by atoms with Gasteiger partial charge in [-0.25, -0.2) is 4.79 Å². The van der Waals surface area contributed by atoms with Crippen molar-refractivity contribution in [1.82, 2.24) is 53.2 Å². The number of unbranched alkanes of at least 4 members (excludes halogenated alkanes) is 1. The molecule has 0 saturated heterocycles. The molecular formula is C39H74N20O11S2. The molecule has 0 aromatic rings. The third-order valence-electron chi connectivity index (χ3n) is 10.1. The van der Waals surface area contributed by atoms with Gasteiger partial charge in [-0.1, -0.05) is 0 Å². The molecule has 0 heterocycles. The summed E-state index contributed by atoms with van der Waals surface area (Å²) in [5.41, 5.74) is 38.1. The van der Waals surface area contributed by atoms with Gasteiger partial charge in [0, 0.05) is 37.6 Å². The number of carbonyl (C=O) groups excluding carboxylic acids is 9. The van der Waals surface area contributed by atoms with Crippen LogP contribution < -0.4 is 93.3 Å². The molecule has 0 spiro atoms. The molecule has 31 nitrogen and oxygen atoms in total. The number of amides is 9. The fourth-order valence-corrected chi connectivity index (χ4v) is 6.81. The van der Waals surface area contributed by atoms with E-state index in [1.807, 2.05) is 0 Å². The van der Waals surface area contributed by atoms with Crippen LogP contribution in [0.2, 0.25) is 0 Å². The van der Waals surface area contributed by atoms with E-state index in [0.717, 1.165) is 0 Å². The molecule has 28 N–H and O–H groups in total. The summed E-state index contributed by atoms with van der Waals surface area (Å²) in [4.78, 5) is 130. The Morgan fingerprint density at radius 2 is 0.750 bits per heavy atom. The first-order valence-corrected chi connectivity index (χ1v) is 24.0. The van der Waals surface area contributed by atoms with E-state index in [1.54, 1.807) is 0 Å². The predicted octanol–water partition coefficient (Wildman–Crippen LogP) is -8.29. The molecule has 8 atom stereocenters. The summed E-state index contributed by atoms with van der Waals surface area (Å²) in [6, 6.07) is -11.5. The van der Waals surface area contributed by atoms with Crippen LogP contribution >= 0.6 is 25.3 Å². The van der Waals surface area contributed by atoms with Crippen molar-refractivity contribution >= 4 is 102 Å². The van der Waals surface area contributed by atoms with Gasteiger partial charge in [-0.15, -0.1) is 0 Å². The van der Waals surface area contributed by atoms with Gasteiger partial charge in [0.1, 0.15) is 42.3 Å². The Morgan fingerprint density at radius 3 is 1.08 bits per heavy atom. The summed E-state index contributed by atoms with van der Waals surface area (Å²) in [5.74, 6) is -11.7. The summed E-state index contributed by atoms with van der Waals surface area (Å²) in [5, 5.41) is 56.4. The quantitative estimate of drug-likeness (QED) is 0.0118. The number of carbonyl (C=O) groups is 10. The Labute approximate surface area is 426 Å². The average Bonchev–Trinajstić information content (AvgIpc) is 3.30. The van der Waals surface area contributed by atoms with Crippen molar-refractivity contribution in [3.8, 4) is 0 Å². The molecule has 0 fully saturated rings. The third-order valence-corrected chi connectivity index (χ3v) is 10.9. The number of nitrogens with two attached hydrogens (primary N) is 7. The van der Waals surface area contributed by atoms with Crippen LogP contribution in [-0.2, 0) is 47.9 Å². The maximum Gasteiger partial charge on any atom is 0.326 e. The monoisotopic (exact) mass is 1060 g/mol. The molecule has 33 heteroatoms. The van der Waals surface area contributed by atoms with Crippen molar-refractivity contribution in [2.75, 3.05) is 37.7 Å². The number of nitrogens with one attached hydrogen (secondary N) is 13. The standard InChI is InChI=1S/C39H74N20O11S2/c40-12-2-1-7-20(32(65)57-24(36(69)70)16-28(43)61)53-30(63)21(8-4-14-51-38(46)47)54-31(64)22(9-5-15-52-39(48)49)55-35(68)26(18-72)59-33(66)23(10-11-27(42)60)56-34(67)25(17-71)58-29(62)19(41)6-3-13-50-37(44)45/h19-26,71-72H,1-18,40-41H2,(H2,42,60)(H2,43,61)(H,53,63)(H,54,64)(H,55,68)(H,56,67)(H,57,65)(H,58,62)(H,59,66)(H,69,70)(H4,44,45,50)(H4,46,47,51)(H4,48,49,52)/t19-,20+,21+,22+,23+,24+,25+,26+/m0/s1. The molecule has 0 saturated carbocycles. The number of thiol groups is 2. The molecule has 0 bridgehead atoms. The van der Waals surface area contributed by atoms with Gasteiger partial charge in [-0.2, -0.15) is 25.3 Å². The Bertz CT molecular complexity index is 1890.